The molecule has 0 radical (unpaired) electrons. The summed E-state index contributed by atoms with van der Waals surface area (Å²) < 4.78 is 13.8. The van der Waals surface area contributed by atoms with Crippen LogP contribution in [0.3, 0.4) is 0 Å². The Bertz CT molecular complexity index is 142. The Hall–Kier alpha value is -0.150. The largest absolute Gasteiger partial charge is 0.271 e. The molecule has 0 aliphatic rings. The van der Waals surface area contributed by atoms with E-state index < -0.39 is 6.17 Å². The first-order chi connectivity index (χ1) is 7.13. The van der Waals surface area contributed by atoms with Crippen molar-refractivity contribution in [3.8, 4) is 0 Å². The average Bonchev–Trinajstić information content (AvgIpc) is 2.23. The number of nitrogens with one attached hydrogen (secondary N) is 1. The van der Waals surface area contributed by atoms with Crippen LogP contribution in [0.15, 0.2) is 0 Å². The Labute approximate surface area is 93.8 Å². The van der Waals surface area contributed by atoms with Gasteiger partial charge in [-0.1, -0.05) is 33.6 Å². The Morgan fingerprint density at radius 1 is 1.13 bits per heavy atom. The van der Waals surface area contributed by atoms with E-state index >= 15 is 0 Å². The van der Waals surface area contributed by atoms with Crippen LogP contribution in [0.5, 0.6) is 0 Å². The fraction of sp³-hybridized carbons (Fsp3) is 1.00. The van der Waals surface area contributed by atoms with Crippen LogP contribution in [0.4, 0.5) is 4.39 Å². The third-order valence-corrected chi connectivity index (χ3v) is 3.06. The summed E-state index contributed by atoms with van der Waals surface area (Å²) in [6.45, 7) is 6.98. The van der Waals surface area contributed by atoms with Crippen LogP contribution in [-0.2, 0) is 0 Å². The maximum absolute atomic E-state index is 13.8. The van der Waals surface area contributed by atoms with E-state index in [0.29, 0.717) is 0 Å². The third-order valence-electron chi connectivity index (χ3n) is 3.06. The van der Waals surface area contributed by atoms with E-state index in [-0.39, 0.29) is 11.8 Å². The van der Waals surface area contributed by atoms with Gasteiger partial charge in [-0.3, -0.25) is 11.3 Å². The average molecular weight is 218 g/mol. The van der Waals surface area contributed by atoms with Gasteiger partial charge >= 0.3 is 0 Å². The number of rotatable bonds is 9. The summed E-state index contributed by atoms with van der Waals surface area (Å²) in [5, 5.41) is 0. The van der Waals surface area contributed by atoms with Gasteiger partial charge in [0.2, 0.25) is 0 Å². The quantitative estimate of drug-likeness (QED) is 0.355. The highest BCUT2D eigenvalue weighted by atomic mass is 19.1. The molecule has 0 aliphatic carbocycles. The predicted octanol–water partition coefficient (Wildman–Crippen LogP) is 3.03. The van der Waals surface area contributed by atoms with Crippen molar-refractivity contribution in [1.29, 1.82) is 0 Å². The minimum Gasteiger partial charge on any atom is -0.271 e. The van der Waals surface area contributed by atoms with E-state index in [9.17, 15) is 4.39 Å². The molecule has 0 rings (SSSR count). The molecule has 15 heavy (non-hydrogen) atoms. The number of hydrogen-bond donors (Lipinski definition) is 2. The molecule has 2 nitrogen and oxygen atoms in total. The number of hydrazine groups is 1. The fourth-order valence-electron chi connectivity index (χ4n) is 2.03. The molecule has 0 bridgehead atoms. The molecule has 92 valence electrons. The lowest BCUT2D eigenvalue weighted by molar-refractivity contribution is 0.153. The van der Waals surface area contributed by atoms with Crippen molar-refractivity contribution in [3.63, 3.8) is 0 Å². The van der Waals surface area contributed by atoms with Crippen molar-refractivity contribution in [2.45, 2.75) is 59.0 Å². The van der Waals surface area contributed by atoms with Crippen LogP contribution in [-0.4, -0.2) is 12.7 Å². The minimum absolute atomic E-state index is 0.185. The van der Waals surface area contributed by atoms with E-state index in [1.54, 1.807) is 0 Å². The Kier molecular flexibility index (Phi) is 9.01. The van der Waals surface area contributed by atoms with Crippen LogP contribution in [0.1, 0.15) is 52.9 Å². The monoisotopic (exact) mass is 218 g/mol. The van der Waals surface area contributed by atoms with Crippen LogP contribution < -0.4 is 11.3 Å². The minimum atomic E-state index is -0.643. The first-order valence-electron chi connectivity index (χ1n) is 6.21. The SMILES string of the molecule is CCC[C@@H](C)C(F)C(C)CCCCNN. The molecule has 0 aromatic heterocycles. The lowest BCUT2D eigenvalue weighted by Gasteiger charge is -2.22. The van der Waals surface area contributed by atoms with Crippen LogP contribution >= 0.6 is 0 Å². The first kappa shape index (κ1) is 14.8. The molecule has 3 heteroatoms. The van der Waals surface area contributed by atoms with Gasteiger partial charge in [0.15, 0.2) is 0 Å². The zero-order valence-corrected chi connectivity index (χ0v) is 10.4. The van der Waals surface area contributed by atoms with Gasteiger partial charge in [0.25, 0.3) is 0 Å². The number of unbranched alkanes of at least 4 members (excludes halogenated alkanes) is 1. The predicted molar refractivity (Wildman–Crippen MR) is 64.2 cm³/mol. The molecule has 0 aromatic carbocycles. The Morgan fingerprint density at radius 2 is 1.73 bits per heavy atom. The number of hydrogen-bond acceptors (Lipinski definition) is 2. The highest BCUT2D eigenvalue weighted by Crippen LogP contribution is 2.24. The molecular weight excluding hydrogens is 191 g/mol. The fourth-order valence-corrected chi connectivity index (χ4v) is 2.03. The standard InChI is InChI=1S/C12H27FN2/c1-4-7-10(2)12(13)11(3)8-5-6-9-15-14/h10-12,15H,4-9,14H2,1-3H3/t10-,11?,12?/m1/s1. The first-order valence-corrected chi connectivity index (χ1v) is 6.21. The van der Waals surface area contributed by atoms with Gasteiger partial charge in [-0.05, 0) is 31.1 Å². The maximum atomic E-state index is 13.8. The van der Waals surface area contributed by atoms with Gasteiger partial charge in [-0.2, -0.15) is 0 Å². The highest BCUT2D eigenvalue weighted by molar-refractivity contribution is 4.71. The van der Waals surface area contributed by atoms with Crippen molar-refractivity contribution in [2.24, 2.45) is 17.7 Å². The van der Waals surface area contributed by atoms with Crippen molar-refractivity contribution >= 4 is 0 Å². The molecule has 0 heterocycles. The summed E-state index contributed by atoms with van der Waals surface area (Å²) in [6, 6.07) is 0. The van der Waals surface area contributed by atoms with Gasteiger partial charge < -0.3 is 0 Å². The summed E-state index contributed by atoms with van der Waals surface area (Å²) in [5.74, 6) is 5.56. The van der Waals surface area contributed by atoms with Gasteiger partial charge in [-0.25, -0.2) is 4.39 Å². The second-order valence-corrected chi connectivity index (χ2v) is 4.64. The van der Waals surface area contributed by atoms with E-state index in [2.05, 4.69) is 12.3 Å². The van der Waals surface area contributed by atoms with Crippen LogP contribution in [0.2, 0.25) is 0 Å². The molecule has 0 saturated heterocycles. The Balaban J connectivity index is 3.63. The lowest BCUT2D eigenvalue weighted by Crippen LogP contribution is -2.24. The highest BCUT2D eigenvalue weighted by Gasteiger charge is 2.21. The molecule has 2 unspecified atom stereocenters. The second-order valence-electron chi connectivity index (χ2n) is 4.64. The maximum Gasteiger partial charge on any atom is 0.105 e. The molecular formula is C12H27FN2. The summed E-state index contributed by atoms with van der Waals surface area (Å²) in [4.78, 5) is 0. The molecule has 0 fully saturated rings. The third kappa shape index (κ3) is 6.85. The molecule has 3 N–H and O–H groups in total. The van der Waals surface area contributed by atoms with Crippen molar-refractivity contribution in [1.82, 2.24) is 5.43 Å². The Morgan fingerprint density at radius 3 is 2.27 bits per heavy atom. The number of nitrogens with two attached hydrogens (primary N) is 1. The van der Waals surface area contributed by atoms with E-state index in [0.717, 1.165) is 38.6 Å². The van der Waals surface area contributed by atoms with Crippen LogP contribution in [0.25, 0.3) is 0 Å². The topological polar surface area (TPSA) is 38.0 Å². The number of alkyl halides is 1. The van der Waals surface area contributed by atoms with E-state index in [1.165, 1.54) is 0 Å². The molecule has 0 aliphatic heterocycles. The summed E-state index contributed by atoms with van der Waals surface area (Å²) in [7, 11) is 0. The molecule has 0 amide bonds. The zero-order valence-electron chi connectivity index (χ0n) is 10.4. The van der Waals surface area contributed by atoms with Gasteiger partial charge in [0.1, 0.15) is 6.17 Å². The van der Waals surface area contributed by atoms with Gasteiger partial charge in [-0.15, -0.1) is 0 Å². The van der Waals surface area contributed by atoms with Gasteiger partial charge in [0, 0.05) is 6.54 Å². The van der Waals surface area contributed by atoms with Gasteiger partial charge in [0.05, 0.1) is 0 Å². The molecule has 3 atom stereocenters. The van der Waals surface area contributed by atoms with Crippen molar-refractivity contribution < 1.29 is 4.39 Å². The number of halogens is 1. The lowest BCUT2D eigenvalue weighted by atomic mass is 9.88. The molecule has 0 spiro atoms. The molecule has 0 saturated carbocycles. The zero-order chi connectivity index (χ0) is 11.7. The summed E-state index contributed by atoms with van der Waals surface area (Å²) in [5.41, 5.74) is 2.62. The summed E-state index contributed by atoms with van der Waals surface area (Å²) >= 11 is 0. The van der Waals surface area contributed by atoms with Crippen LogP contribution in [0, 0.1) is 11.8 Å². The molecule has 0 aromatic rings. The second kappa shape index (κ2) is 9.10. The summed E-state index contributed by atoms with van der Waals surface area (Å²) in [6.07, 6.45) is 4.49. The van der Waals surface area contributed by atoms with E-state index in [1.807, 2.05) is 13.8 Å². The smallest absolute Gasteiger partial charge is 0.105 e. The van der Waals surface area contributed by atoms with Crippen molar-refractivity contribution in [2.75, 3.05) is 6.54 Å². The normalized spacial score (nSPS) is 17.4. The van der Waals surface area contributed by atoms with Crippen molar-refractivity contribution in [3.05, 3.63) is 0 Å². The van der Waals surface area contributed by atoms with E-state index in [4.69, 9.17) is 5.84 Å².